The molecule has 0 N–H and O–H groups in total. The van der Waals surface area contributed by atoms with Gasteiger partial charge < -0.3 is 9.47 Å². The number of hydrogen-bond donors (Lipinski definition) is 0. The molecule has 0 saturated heterocycles. The third-order valence-corrected chi connectivity index (χ3v) is 2.80. The molecule has 0 amide bonds. The molecule has 2 heteroatoms. The summed E-state index contributed by atoms with van der Waals surface area (Å²) in [6.45, 7) is 0. The topological polar surface area (TPSA) is 18.5 Å². The Morgan fingerprint density at radius 1 is 1.00 bits per heavy atom. The Kier molecular flexibility index (Phi) is 3.11. The second-order valence-electron chi connectivity index (χ2n) is 3.59. The number of ether oxygens (including phenoxy) is 2. The maximum Gasteiger partial charge on any atom is 0.156 e. The van der Waals surface area contributed by atoms with Crippen molar-refractivity contribution in [2.75, 3.05) is 14.2 Å². The predicted molar refractivity (Wildman–Crippen MR) is 63.7 cm³/mol. The Balaban J connectivity index is 2.48. The van der Waals surface area contributed by atoms with Crippen LogP contribution >= 0.6 is 0 Å². The first-order chi connectivity index (χ1) is 7.83. The summed E-state index contributed by atoms with van der Waals surface area (Å²) in [4.78, 5) is 0. The van der Waals surface area contributed by atoms with Crippen LogP contribution in [0.3, 0.4) is 0 Å². The quantitative estimate of drug-likeness (QED) is 0.772. The number of allylic oxidation sites excluding steroid dienone is 2. The molecule has 1 aliphatic carbocycles. The second-order valence-corrected chi connectivity index (χ2v) is 3.59. The first kappa shape index (κ1) is 11.0. The Hall–Kier alpha value is -1.54. The second kappa shape index (κ2) is 4.54. The van der Waals surface area contributed by atoms with Gasteiger partial charge in [-0.3, -0.25) is 0 Å². The molecule has 2 rings (SSSR count). The van der Waals surface area contributed by atoms with Gasteiger partial charge in [0.05, 0.1) is 7.11 Å². The van der Waals surface area contributed by atoms with Crippen molar-refractivity contribution in [1.82, 2.24) is 0 Å². The SMILES string of the molecule is COC1=CC=C[CH]C1(OC)c1ccccc1. The van der Waals surface area contributed by atoms with E-state index in [0.717, 1.165) is 11.3 Å². The molecule has 1 radical (unpaired) electrons. The van der Waals surface area contributed by atoms with Crippen LogP contribution in [-0.2, 0) is 15.1 Å². The van der Waals surface area contributed by atoms with Crippen LogP contribution in [0.1, 0.15) is 5.56 Å². The van der Waals surface area contributed by atoms with Crippen molar-refractivity contribution in [2.45, 2.75) is 5.60 Å². The molecule has 0 bridgehead atoms. The van der Waals surface area contributed by atoms with Crippen molar-refractivity contribution in [3.63, 3.8) is 0 Å². The van der Waals surface area contributed by atoms with Gasteiger partial charge in [0, 0.05) is 13.5 Å². The molecule has 1 aromatic carbocycles. The summed E-state index contributed by atoms with van der Waals surface area (Å²) in [7, 11) is 3.35. The summed E-state index contributed by atoms with van der Waals surface area (Å²) in [5.41, 5.74) is 0.472. The van der Waals surface area contributed by atoms with E-state index in [1.807, 2.05) is 55.0 Å². The van der Waals surface area contributed by atoms with Crippen molar-refractivity contribution in [3.8, 4) is 0 Å². The van der Waals surface area contributed by atoms with E-state index >= 15 is 0 Å². The van der Waals surface area contributed by atoms with Crippen LogP contribution < -0.4 is 0 Å². The summed E-state index contributed by atoms with van der Waals surface area (Å²) in [6, 6.07) is 10.0. The first-order valence-electron chi connectivity index (χ1n) is 5.21. The van der Waals surface area contributed by atoms with Gasteiger partial charge in [0.25, 0.3) is 0 Å². The number of hydrogen-bond acceptors (Lipinski definition) is 2. The van der Waals surface area contributed by atoms with E-state index in [0.29, 0.717) is 0 Å². The Morgan fingerprint density at radius 3 is 2.38 bits per heavy atom. The van der Waals surface area contributed by atoms with Crippen molar-refractivity contribution < 1.29 is 9.47 Å². The number of benzene rings is 1. The molecule has 1 aliphatic rings. The largest absolute Gasteiger partial charge is 0.498 e. The maximum atomic E-state index is 5.67. The zero-order valence-corrected chi connectivity index (χ0v) is 9.51. The third-order valence-electron chi connectivity index (χ3n) is 2.80. The molecule has 1 atom stereocenters. The number of methoxy groups -OCH3 is 2. The minimum Gasteiger partial charge on any atom is -0.498 e. The fourth-order valence-electron chi connectivity index (χ4n) is 1.97. The molecule has 83 valence electrons. The minimum absolute atomic E-state index is 0.592. The molecule has 0 saturated carbocycles. The molecule has 2 nitrogen and oxygen atoms in total. The highest BCUT2D eigenvalue weighted by atomic mass is 16.5. The van der Waals surface area contributed by atoms with Crippen molar-refractivity contribution >= 4 is 0 Å². The van der Waals surface area contributed by atoms with Crippen LogP contribution in [0.25, 0.3) is 0 Å². The van der Waals surface area contributed by atoms with Gasteiger partial charge >= 0.3 is 0 Å². The van der Waals surface area contributed by atoms with Crippen LogP contribution in [0.2, 0.25) is 0 Å². The fourth-order valence-corrected chi connectivity index (χ4v) is 1.97. The van der Waals surface area contributed by atoms with E-state index in [1.54, 1.807) is 14.2 Å². The van der Waals surface area contributed by atoms with Crippen molar-refractivity contribution in [3.05, 3.63) is 66.3 Å². The standard InChI is InChI=1S/C14H15O2/c1-15-13-10-6-7-11-14(13,16-2)12-8-4-3-5-9-12/h3-11H,1-2H3. The van der Waals surface area contributed by atoms with Crippen LogP contribution in [0.4, 0.5) is 0 Å². The molecule has 0 aromatic heterocycles. The molecule has 0 aliphatic heterocycles. The molecular formula is C14H15O2. The molecule has 0 fully saturated rings. The van der Waals surface area contributed by atoms with Gasteiger partial charge in [-0.05, 0) is 11.6 Å². The molecule has 0 heterocycles. The van der Waals surface area contributed by atoms with Gasteiger partial charge in [0.15, 0.2) is 5.60 Å². The van der Waals surface area contributed by atoms with E-state index in [2.05, 4.69) is 0 Å². The lowest BCUT2D eigenvalue weighted by molar-refractivity contribution is 0.00436. The molecule has 1 unspecified atom stereocenters. The van der Waals surface area contributed by atoms with Crippen LogP contribution in [0.15, 0.2) is 54.3 Å². The summed E-state index contributed by atoms with van der Waals surface area (Å²) >= 11 is 0. The van der Waals surface area contributed by atoms with Crippen molar-refractivity contribution in [1.29, 1.82) is 0 Å². The average Bonchev–Trinajstić information content (AvgIpc) is 2.39. The Bertz CT molecular complexity index is 406. The smallest absolute Gasteiger partial charge is 0.156 e. The van der Waals surface area contributed by atoms with Crippen LogP contribution in [-0.4, -0.2) is 14.2 Å². The lowest BCUT2D eigenvalue weighted by Crippen LogP contribution is -2.33. The van der Waals surface area contributed by atoms with E-state index < -0.39 is 5.60 Å². The summed E-state index contributed by atoms with van der Waals surface area (Å²) in [5.74, 6) is 0.795. The molecule has 1 aromatic rings. The summed E-state index contributed by atoms with van der Waals surface area (Å²) < 4.78 is 11.1. The van der Waals surface area contributed by atoms with E-state index in [1.165, 1.54) is 0 Å². The third kappa shape index (κ3) is 1.65. The summed E-state index contributed by atoms with van der Waals surface area (Å²) in [5, 5.41) is 0. The highest BCUT2D eigenvalue weighted by molar-refractivity contribution is 5.41. The van der Waals surface area contributed by atoms with Crippen LogP contribution in [0.5, 0.6) is 0 Å². The lowest BCUT2D eigenvalue weighted by Gasteiger charge is -2.34. The highest BCUT2D eigenvalue weighted by Crippen LogP contribution is 2.38. The van der Waals surface area contributed by atoms with E-state index in [4.69, 9.17) is 9.47 Å². The zero-order chi connectivity index (χ0) is 11.4. The van der Waals surface area contributed by atoms with Gasteiger partial charge in [-0.15, -0.1) is 0 Å². The van der Waals surface area contributed by atoms with Crippen molar-refractivity contribution in [2.24, 2.45) is 0 Å². The fraction of sp³-hybridized carbons (Fsp3) is 0.214. The highest BCUT2D eigenvalue weighted by Gasteiger charge is 2.38. The van der Waals surface area contributed by atoms with E-state index in [-0.39, 0.29) is 0 Å². The monoisotopic (exact) mass is 215 g/mol. The van der Waals surface area contributed by atoms with Gasteiger partial charge in [0.2, 0.25) is 0 Å². The van der Waals surface area contributed by atoms with Gasteiger partial charge in [-0.1, -0.05) is 42.5 Å². The lowest BCUT2D eigenvalue weighted by atomic mass is 9.85. The van der Waals surface area contributed by atoms with Gasteiger partial charge in [-0.25, -0.2) is 0 Å². The minimum atomic E-state index is -0.592. The Labute approximate surface area is 96.2 Å². The van der Waals surface area contributed by atoms with Crippen LogP contribution in [0, 0.1) is 6.42 Å². The Morgan fingerprint density at radius 2 is 1.75 bits per heavy atom. The molecule has 16 heavy (non-hydrogen) atoms. The van der Waals surface area contributed by atoms with Gasteiger partial charge in [0.1, 0.15) is 5.76 Å². The molecule has 0 spiro atoms. The normalized spacial score (nSPS) is 24.0. The average molecular weight is 215 g/mol. The molecular weight excluding hydrogens is 200 g/mol. The first-order valence-corrected chi connectivity index (χ1v) is 5.21. The zero-order valence-electron chi connectivity index (χ0n) is 9.51. The van der Waals surface area contributed by atoms with Gasteiger partial charge in [-0.2, -0.15) is 0 Å². The number of rotatable bonds is 3. The summed E-state index contributed by atoms with van der Waals surface area (Å²) in [6.07, 6.45) is 7.84. The van der Waals surface area contributed by atoms with E-state index in [9.17, 15) is 0 Å². The maximum absolute atomic E-state index is 5.67. The predicted octanol–water partition coefficient (Wildman–Crippen LogP) is 2.83.